The third-order valence-corrected chi connectivity index (χ3v) is 4.21. The molecular weight excluding hydrogens is 282 g/mol. The Labute approximate surface area is 131 Å². The number of carbonyl (C=O) groups is 1. The molecule has 0 saturated heterocycles. The maximum Gasteiger partial charge on any atom is 0.223 e. The first-order valence-corrected chi connectivity index (χ1v) is 7.76. The molecule has 0 radical (unpaired) electrons. The largest absolute Gasteiger partial charge is 0.493 e. The first-order valence-electron chi connectivity index (χ1n) is 7.76. The zero-order chi connectivity index (χ0) is 16.0. The van der Waals surface area contributed by atoms with Gasteiger partial charge in [0.15, 0.2) is 11.5 Å². The van der Waals surface area contributed by atoms with Gasteiger partial charge < -0.3 is 19.9 Å². The maximum atomic E-state index is 12.0. The van der Waals surface area contributed by atoms with Gasteiger partial charge in [-0.3, -0.25) is 4.79 Å². The molecule has 0 spiro atoms. The molecule has 0 aromatic heterocycles. The fourth-order valence-electron chi connectivity index (χ4n) is 2.94. The lowest BCUT2D eigenvalue weighted by Gasteiger charge is -2.31. The lowest BCUT2D eigenvalue weighted by molar-refractivity contribution is -0.127. The molecule has 1 fully saturated rings. The van der Waals surface area contributed by atoms with Crippen LogP contribution in [0.2, 0.25) is 0 Å². The van der Waals surface area contributed by atoms with Gasteiger partial charge in [0, 0.05) is 6.54 Å². The summed E-state index contributed by atoms with van der Waals surface area (Å²) in [5.74, 6) is 1.19. The summed E-state index contributed by atoms with van der Waals surface area (Å²) in [5.41, 5.74) is 0.113. The fraction of sp³-hybridized carbons (Fsp3) is 0.588. The summed E-state index contributed by atoms with van der Waals surface area (Å²) in [6.07, 6.45) is 4.77. The number of methoxy groups -OCH3 is 2. The van der Waals surface area contributed by atoms with Crippen molar-refractivity contribution >= 4 is 5.91 Å². The third-order valence-electron chi connectivity index (χ3n) is 4.21. The third kappa shape index (κ3) is 4.37. The van der Waals surface area contributed by atoms with Gasteiger partial charge in [-0.15, -0.1) is 0 Å². The first kappa shape index (κ1) is 16.6. The number of carbonyl (C=O) groups excluding carboxylic acids is 1. The van der Waals surface area contributed by atoms with Crippen LogP contribution in [0.25, 0.3) is 0 Å². The Balaban J connectivity index is 1.88. The highest BCUT2D eigenvalue weighted by Crippen LogP contribution is 2.31. The van der Waals surface area contributed by atoms with Crippen molar-refractivity contribution in [3.05, 3.63) is 23.8 Å². The highest BCUT2D eigenvalue weighted by Gasteiger charge is 2.31. The van der Waals surface area contributed by atoms with Crippen molar-refractivity contribution in [3.8, 4) is 11.5 Å². The summed E-state index contributed by atoms with van der Waals surface area (Å²) in [4.78, 5) is 12.0. The van der Waals surface area contributed by atoms with Crippen LogP contribution in [-0.2, 0) is 11.3 Å². The number of hydrogen-bond acceptors (Lipinski definition) is 4. The molecule has 1 amide bonds. The zero-order valence-corrected chi connectivity index (χ0v) is 13.4. The van der Waals surface area contributed by atoms with E-state index >= 15 is 0 Å². The van der Waals surface area contributed by atoms with Gasteiger partial charge in [0.1, 0.15) is 0 Å². The second-order valence-corrected chi connectivity index (χ2v) is 5.93. The van der Waals surface area contributed by atoms with Crippen LogP contribution >= 0.6 is 0 Å². The molecule has 5 nitrogen and oxygen atoms in total. The van der Waals surface area contributed by atoms with Crippen LogP contribution in [0.5, 0.6) is 11.5 Å². The molecular formula is C17H25NO4. The normalized spacial score (nSPS) is 16.9. The molecule has 1 aliphatic carbocycles. The molecule has 2 N–H and O–H groups in total. The highest BCUT2D eigenvalue weighted by atomic mass is 16.5. The van der Waals surface area contributed by atoms with Crippen LogP contribution in [-0.4, -0.2) is 30.8 Å². The predicted molar refractivity (Wildman–Crippen MR) is 84.0 cm³/mol. The minimum Gasteiger partial charge on any atom is -0.493 e. The van der Waals surface area contributed by atoms with E-state index in [4.69, 9.17) is 9.47 Å². The Morgan fingerprint density at radius 3 is 2.50 bits per heavy atom. The van der Waals surface area contributed by atoms with Crippen molar-refractivity contribution in [1.82, 2.24) is 5.32 Å². The van der Waals surface area contributed by atoms with E-state index in [9.17, 15) is 9.90 Å². The summed E-state index contributed by atoms with van der Waals surface area (Å²) >= 11 is 0. The Morgan fingerprint density at radius 1 is 1.18 bits per heavy atom. The number of rotatable bonds is 6. The van der Waals surface area contributed by atoms with Gasteiger partial charge in [0.2, 0.25) is 5.91 Å². The van der Waals surface area contributed by atoms with E-state index in [-0.39, 0.29) is 12.3 Å². The Kier molecular flexibility index (Phi) is 5.66. The smallest absolute Gasteiger partial charge is 0.223 e. The van der Waals surface area contributed by atoms with E-state index in [0.717, 1.165) is 37.7 Å². The van der Waals surface area contributed by atoms with Gasteiger partial charge in [-0.05, 0) is 30.5 Å². The topological polar surface area (TPSA) is 67.8 Å². The van der Waals surface area contributed by atoms with Crippen LogP contribution in [0.3, 0.4) is 0 Å². The molecule has 1 aromatic carbocycles. The second-order valence-electron chi connectivity index (χ2n) is 5.93. The number of amides is 1. The van der Waals surface area contributed by atoms with Crippen LogP contribution in [0.15, 0.2) is 18.2 Å². The average Bonchev–Trinajstić information content (AvgIpc) is 2.52. The van der Waals surface area contributed by atoms with Crippen LogP contribution in [0.4, 0.5) is 0 Å². The summed E-state index contributed by atoms with van der Waals surface area (Å²) < 4.78 is 10.4. The van der Waals surface area contributed by atoms with Crippen molar-refractivity contribution in [2.45, 2.75) is 50.7 Å². The minimum absolute atomic E-state index is 0.112. The monoisotopic (exact) mass is 307 g/mol. The molecule has 0 heterocycles. The van der Waals surface area contributed by atoms with Gasteiger partial charge >= 0.3 is 0 Å². The Bertz CT molecular complexity index is 509. The molecule has 1 saturated carbocycles. The van der Waals surface area contributed by atoms with E-state index in [1.165, 1.54) is 0 Å². The molecule has 2 rings (SSSR count). The van der Waals surface area contributed by atoms with E-state index in [2.05, 4.69) is 5.32 Å². The maximum absolute atomic E-state index is 12.0. The predicted octanol–water partition coefficient (Wildman–Crippen LogP) is 2.41. The standard InChI is InChI=1S/C17H25NO4/c1-21-14-7-6-13(10-15(14)22-2)12-18-16(19)11-17(20)8-4-3-5-9-17/h6-7,10,20H,3-5,8-9,11-12H2,1-2H3,(H,18,19). The Hall–Kier alpha value is -1.75. The second kappa shape index (κ2) is 7.49. The van der Waals surface area contributed by atoms with Crippen molar-refractivity contribution in [3.63, 3.8) is 0 Å². The molecule has 0 atom stereocenters. The number of ether oxygens (including phenoxy) is 2. The van der Waals surface area contributed by atoms with Gasteiger partial charge in [-0.1, -0.05) is 25.3 Å². The molecule has 1 aliphatic rings. The lowest BCUT2D eigenvalue weighted by atomic mass is 9.82. The molecule has 0 bridgehead atoms. The van der Waals surface area contributed by atoms with E-state index in [1.807, 2.05) is 18.2 Å². The summed E-state index contributed by atoms with van der Waals surface area (Å²) in [6, 6.07) is 5.54. The van der Waals surface area contributed by atoms with Gasteiger partial charge in [-0.25, -0.2) is 0 Å². The molecule has 0 unspecified atom stereocenters. The van der Waals surface area contributed by atoms with Crippen LogP contribution in [0.1, 0.15) is 44.1 Å². The first-order chi connectivity index (χ1) is 10.6. The summed E-state index contributed by atoms with van der Waals surface area (Å²) in [7, 11) is 3.17. The van der Waals surface area contributed by atoms with E-state index in [0.29, 0.717) is 18.0 Å². The quantitative estimate of drug-likeness (QED) is 0.847. The van der Waals surface area contributed by atoms with E-state index in [1.54, 1.807) is 14.2 Å². The van der Waals surface area contributed by atoms with Gasteiger partial charge in [-0.2, -0.15) is 0 Å². The molecule has 5 heteroatoms. The number of aliphatic hydroxyl groups is 1. The minimum atomic E-state index is -0.820. The summed E-state index contributed by atoms with van der Waals surface area (Å²) in [5, 5.41) is 13.3. The van der Waals surface area contributed by atoms with Crippen molar-refractivity contribution in [2.75, 3.05) is 14.2 Å². The van der Waals surface area contributed by atoms with Crippen LogP contribution < -0.4 is 14.8 Å². The average molecular weight is 307 g/mol. The van der Waals surface area contributed by atoms with Crippen molar-refractivity contribution in [1.29, 1.82) is 0 Å². The van der Waals surface area contributed by atoms with E-state index < -0.39 is 5.60 Å². The lowest BCUT2D eigenvalue weighted by Crippen LogP contribution is -2.38. The molecule has 0 aliphatic heterocycles. The SMILES string of the molecule is COc1ccc(CNC(=O)CC2(O)CCCCC2)cc1OC. The van der Waals surface area contributed by atoms with Gasteiger partial charge in [0.05, 0.1) is 26.2 Å². The molecule has 1 aromatic rings. The van der Waals surface area contributed by atoms with Gasteiger partial charge in [0.25, 0.3) is 0 Å². The summed E-state index contributed by atoms with van der Waals surface area (Å²) in [6.45, 7) is 0.412. The van der Waals surface area contributed by atoms with Crippen molar-refractivity contribution in [2.24, 2.45) is 0 Å². The molecule has 122 valence electrons. The number of nitrogens with one attached hydrogen (secondary N) is 1. The number of hydrogen-bond donors (Lipinski definition) is 2. The fourth-order valence-corrected chi connectivity index (χ4v) is 2.94. The molecule has 22 heavy (non-hydrogen) atoms. The Morgan fingerprint density at radius 2 is 1.86 bits per heavy atom. The zero-order valence-electron chi connectivity index (χ0n) is 13.4. The van der Waals surface area contributed by atoms with Crippen molar-refractivity contribution < 1.29 is 19.4 Å². The highest BCUT2D eigenvalue weighted by molar-refractivity contribution is 5.77. The van der Waals surface area contributed by atoms with Crippen LogP contribution in [0, 0.1) is 0 Å². The number of benzene rings is 1.